The Hall–Kier alpha value is -2.10. The first kappa shape index (κ1) is 10.1. The number of anilines is 1. The van der Waals surface area contributed by atoms with Crippen LogP contribution in [0.2, 0.25) is 0 Å². The summed E-state index contributed by atoms with van der Waals surface area (Å²) in [5, 5.41) is 12.4. The molecule has 1 aromatic carbocycles. The zero-order valence-electron chi connectivity index (χ0n) is 9.13. The van der Waals surface area contributed by atoms with E-state index in [-0.39, 0.29) is 6.04 Å². The number of nitrogens with zero attached hydrogens (tertiary/aromatic N) is 1. The van der Waals surface area contributed by atoms with E-state index in [1.807, 2.05) is 30.3 Å². The summed E-state index contributed by atoms with van der Waals surface area (Å²) in [5.74, 6) is -1.35. The topological polar surface area (TPSA) is 61.7 Å². The smallest absolute Gasteiger partial charge is 0.312 e. The minimum Gasteiger partial charge on any atom is -0.481 e. The van der Waals surface area contributed by atoms with E-state index < -0.39 is 11.9 Å². The van der Waals surface area contributed by atoms with Crippen LogP contribution in [-0.4, -0.2) is 22.8 Å². The van der Waals surface area contributed by atoms with E-state index in [0.717, 1.165) is 23.5 Å². The summed E-state index contributed by atoms with van der Waals surface area (Å²) in [6.45, 7) is 0. The van der Waals surface area contributed by atoms with Gasteiger partial charge in [0.05, 0.1) is 17.4 Å². The first-order valence-corrected chi connectivity index (χ1v) is 5.58. The summed E-state index contributed by atoms with van der Waals surface area (Å²) >= 11 is 0. The van der Waals surface area contributed by atoms with Gasteiger partial charge in [-0.25, -0.2) is 0 Å². The summed E-state index contributed by atoms with van der Waals surface area (Å²) in [4.78, 5) is 15.7. The molecule has 4 heteroatoms. The lowest BCUT2D eigenvalue weighted by Crippen LogP contribution is -2.43. The standard InChI is InChI=1S/C13H12N2O2/c16-13(17)8-4-3-7-11-12(8)15-10-6-2-1-5-9(10)14-11/h1-6,8,12,15H,7H2,(H,16,17). The molecule has 0 bridgehead atoms. The fraction of sp³-hybridized carbons (Fsp3) is 0.231. The molecule has 3 rings (SSSR count). The van der Waals surface area contributed by atoms with Crippen molar-refractivity contribution in [3.05, 3.63) is 36.4 Å². The Kier molecular flexibility index (Phi) is 2.21. The SMILES string of the molecule is O=C(O)C1C=CCC2=Nc3ccccc3NC21. The summed E-state index contributed by atoms with van der Waals surface area (Å²) in [7, 11) is 0. The van der Waals surface area contributed by atoms with Crippen LogP contribution >= 0.6 is 0 Å². The summed E-state index contributed by atoms with van der Waals surface area (Å²) < 4.78 is 0. The third-order valence-electron chi connectivity index (χ3n) is 3.15. The number of hydrogen-bond acceptors (Lipinski definition) is 3. The Bertz CT molecular complexity index is 534. The van der Waals surface area contributed by atoms with E-state index in [1.54, 1.807) is 6.08 Å². The Labute approximate surface area is 98.7 Å². The molecule has 0 spiro atoms. The fourth-order valence-corrected chi connectivity index (χ4v) is 2.31. The normalized spacial score (nSPS) is 25.3. The van der Waals surface area contributed by atoms with Crippen molar-refractivity contribution in [2.24, 2.45) is 10.9 Å². The second kappa shape index (κ2) is 3.73. The maximum Gasteiger partial charge on any atom is 0.312 e. The molecule has 0 amide bonds. The van der Waals surface area contributed by atoms with Crippen LogP contribution in [-0.2, 0) is 4.79 Å². The van der Waals surface area contributed by atoms with Gasteiger partial charge in [0.2, 0.25) is 0 Å². The van der Waals surface area contributed by atoms with Gasteiger partial charge in [0.25, 0.3) is 0 Å². The molecule has 0 fully saturated rings. The van der Waals surface area contributed by atoms with Crippen molar-refractivity contribution < 1.29 is 9.90 Å². The van der Waals surface area contributed by atoms with Gasteiger partial charge in [0.15, 0.2) is 0 Å². The molecule has 17 heavy (non-hydrogen) atoms. The van der Waals surface area contributed by atoms with Crippen LogP contribution < -0.4 is 5.32 Å². The lowest BCUT2D eigenvalue weighted by Gasteiger charge is -2.32. The quantitative estimate of drug-likeness (QED) is 0.724. The predicted molar refractivity (Wildman–Crippen MR) is 65.8 cm³/mol. The first-order chi connectivity index (χ1) is 8.25. The fourth-order valence-electron chi connectivity index (χ4n) is 2.31. The number of aliphatic carboxylic acids is 1. The highest BCUT2D eigenvalue weighted by Crippen LogP contribution is 2.33. The summed E-state index contributed by atoms with van der Waals surface area (Å²) in [6.07, 6.45) is 4.34. The molecule has 2 aliphatic rings. The van der Waals surface area contributed by atoms with E-state index in [4.69, 9.17) is 0 Å². The van der Waals surface area contributed by atoms with Gasteiger partial charge in [-0.15, -0.1) is 0 Å². The number of carboxylic acid groups (broad SMARTS) is 1. The second-order valence-corrected chi connectivity index (χ2v) is 4.24. The van der Waals surface area contributed by atoms with Gasteiger partial charge in [-0.1, -0.05) is 24.3 Å². The van der Waals surface area contributed by atoms with Crippen molar-refractivity contribution >= 4 is 23.1 Å². The average Bonchev–Trinajstić information content (AvgIpc) is 2.35. The zero-order valence-corrected chi connectivity index (χ0v) is 9.13. The number of nitrogens with one attached hydrogen (secondary N) is 1. The molecule has 0 aromatic heterocycles. The number of rotatable bonds is 1. The van der Waals surface area contributed by atoms with Crippen LogP contribution in [0.4, 0.5) is 11.4 Å². The van der Waals surface area contributed by atoms with Crippen LogP contribution in [0, 0.1) is 5.92 Å². The molecule has 1 aliphatic carbocycles. The number of hydrogen-bond donors (Lipinski definition) is 2. The number of para-hydroxylation sites is 2. The van der Waals surface area contributed by atoms with Gasteiger partial charge >= 0.3 is 5.97 Å². The molecule has 2 atom stereocenters. The first-order valence-electron chi connectivity index (χ1n) is 5.58. The number of fused-ring (bicyclic) bond motifs is 2. The lowest BCUT2D eigenvalue weighted by atomic mass is 9.87. The molecule has 2 N–H and O–H groups in total. The van der Waals surface area contributed by atoms with Crippen LogP contribution in [0.25, 0.3) is 0 Å². The van der Waals surface area contributed by atoms with Crippen LogP contribution in [0.5, 0.6) is 0 Å². The van der Waals surface area contributed by atoms with Gasteiger partial charge in [-0.2, -0.15) is 0 Å². The van der Waals surface area contributed by atoms with Gasteiger partial charge in [0, 0.05) is 12.1 Å². The Morgan fingerprint density at radius 1 is 1.41 bits per heavy atom. The van der Waals surface area contributed by atoms with E-state index in [9.17, 15) is 9.90 Å². The van der Waals surface area contributed by atoms with Gasteiger partial charge in [-0.05, 0) is 12.1 Å². The second-order valence-electron chi connectivity index (χ2n) is 4.24. The van der Waals surface area contributed by atoms with Gasteiger partial charge in [-0.3, -0.25) is 9.79 Å². The van der Waals surface area contributed by atoms with Crippen molar-refractivity contribution in [2.75, 3.05) is 5.32 Å². The Morgan fingerprint density at radius 2 is 2.24 bits per heavy atom. The molecule has 1 aliphatic heterocycles. The molecule has 0 radical (unpaired) electrons. The maximum atomic E-state index is 11.2. The van der Waals surface area contributed by atoms with Crippen molar-refractivity contribution in [3.63, 3.8) is 0 Å². The van der Waals surface area contributed by atoms with E-state index in [2.05, 4.69) is 10.3 Å². The minimum atomic E-state index is -0.814. The van der Waals surface area contributed by atoms with Crippen molar-refractivity contribution in [1.29, 1.82) is 0 Å². The van der Waals surface area contributed by atoms with Crippen molar-refractivity contribution in [3.8, 4) is 0 Å². The molecule has 4 nitrogen and oxygen atoms in total. The Balaban J connectivity index is 2.04. The molecular formula is C13H12N2O2. The minimum absolute atomic E-state index is 0.215. The molecule has 86 valence electrons. The third-order valence-corrected chi connectivity index (χ3v) is 3.15. The highest BCUT2D eigenvalue weighted by Gasteiger charge is 2.34. The maximum absolute atomic E-state index is 11.2. The van der Waals surface area contributed by atoms with Crippen LogP contribution in [0.3, 0.4) is 0 Å². The lowest BCUT2D eigenvalue weighted by molar-refractivity contribution is -0.140. The number of aliphatic imine (C=N–C) groups is 1. The molecule has 1 aromatic rings. The van der Waals surface area contributed by atoms with Crippen LogP contribution in [0.15, 0.2) is 41.4 Å². The third kappa shape index (κ3) is 1.62. The summed E-state index contributed by atoms with van der Waals surface area (Å²) in [5.41, 5.74) is 2.69. The number of benzene rings is 1. The largest absolute Gasteiger partial charge is 0.481 e. The van der Waals surface area contributed by atoms with Crippen LogP contribution in [0.1, 0.15) is 6.42 Å². The molecule has 0 saturated heterocycles. The highest BCUT2D eigenvalue weighted by molar-refractivity contribution is 6.03. The van der Waals surface area contributed by atoms with E-state index in [0.29, 0.717) is 0 Å². The number of carboxylic acids is 1. The molecular weight excluding hydrogens is 216 g/mol. The zero-order chi connectivity index (χ0) is 11.8. The number of carbonyl (C=O) groups is 1. The molecule has 2 unspecified atom stereocenters. The van der Waals surface area contributed by atoms with E-state index >= 15 is 0 Å². The van der Waals surface area contributed by atoms with Crippen molar-refractivity contribution in [2.45, 2.75) is 12.5 Å². The molecule has 1 heterocycles. The Morgan fingerprint density at radius 3 is 3.06 bits per heavy atom. The van der Waals surface area contributed by atoms with Gasteiger partial charge < -0.3 is 10.4 Å². The molecule has 0 saturated carbocycles. The van der Waals surface area contributed by atoms with E-state index in [1.165, 1.54) is 0 Å². The highest BCUT2D eigenvalue weighted by atomic mass is 16.4. The average molecular weight is 228 g/mol. The summed E-state index contributed by atoms with van der Waals surface area (Å²) in [6, 6.07) is 7.48. The van der Waals surface area contributed by atoms with Crippen molar-refractivity contribution in [1.82, 2.24) is 0 Å². The van der Waals surface area contributed by atoms with Gasteiger partial charge in [0.1, 0.15) is 5.92 Å². The predicted octanol–water partition coefficient (Wildman–Crippen LogP) is 2.21. The monoisotopic (exact) mass is 228 g/mol. The number of allylic oxidation sites excluding steroid dienone is 1.